The summed E-state index contributed by atoms with van der Waals surface area (Å²) in [5, 5.41) is 16.6. The Bertz CT molecular complexity index is 1640. The van der Waals surface area contributed by atoms with Crippen LogP contribution in [0.2, 0.25) is 10.0 Å². The van der Waals surface area contributed by atoms with Crippen molar-refractivity contribution < 1.29 is 19.1 Å². The number of hydrogen-bond acceptors (Lipinski definition) is 8. The number of nitrogens with one attached hydrogen (secondary N) is 1. The van der Waals surface area contributed by atoms with Crippen LogP contribution in [0, 0.1) is 0 Å². The number of aromatic nitrogens is 4. The van der Waals surface area contributed by atoms with Crippen molar-refractivity contribution in [3.63, 3.8) is 0 Å². The monoisotopic (exact) mass is 782 g/mol. The van der Waals surface area contributed by atoms with E-state index in [1.54, 1.807) is 33.9 Å². The lowest BCUT2D eigenvalue weighted by Crippen LogP contribution is -2.51. The molecule has 3 aromatic rings. The van der Waals surface area contributed by atoms with Gasteiger partial charge < -0.3 is 24.8 Å². The van der Waals surface area contributed by atoms with Crippen LogP contribution in [0.5, 0.6) is 0 Å². The average molecular weight is 785 g/mol. The highest BCUT2D eigenvalue weighted by Gasteiger charge is 2.32. The van der Waals surface area contributed by atoms with Gasteiger partial charge in [0.2, 0.25) is 17.6 Å². The highest BCUT2D eigenvalue weighted by atomic mass is 79.9. The maximum Gasteiger partial charge on any atom is 0.410 e. The maximum atomic E-state index is 12.2. The second-order valence-corrected chi connectivity index (χ2v) is 14.4. The molecule has 0 radical (unpaired) electrons. The van der Waals surface area contributed by atoms with Gasteiger partial charge in [0.1, 0.15) is 5.60 Å². The van der Waals surface area contributed by atoms with Gasteiger partial charge in [0.25, 0.3) is 0 Å². The molecule has 0 spiro atoms. The third kappa shape index (κ3) is 10.4. The molecular formula is C32H38BrCl3N8O4. The number of ether oxygens (including phenoxy) is 1. The number of rotatable bonds is 4. The van der Waals surface area contributed by atoms with Gasteiger partial charge in [-0.3, -0.25) is 9.59 Å². The van der Waals surface area contributed by atoms with Gasteiger partial charge in [-0.2, -0.15) is 4.80 Å². The largest absolute Gasteiger partial charge is 0.444 e. The predicted octanol–water partition coefficient (Wildman–Crippen LogP) is 6.00. The number of tetrazole rings is 1. The lowest BCUT2D eigenvalue weighted by Gasteiger charge is -2.41. The van der Waals surface area contributed by atoms with Crippen molar-refractivity contribution in [3.05, 3.63) is 73.7 Å². The summed E-state index contributed by atoms with van der Waals surface area (Å²) in [7, 11) is 1.68. The zero-order valence-electron chi connectivity index (χ0n) is 27.3. The molecule has 0 unspecified atom stereocenters. The molecule has 1 aromatic heterocycles. The van der Waals surface area contributed by atoms with E-state index in [2.05, 4.69) is 36.7 Å². The fourth-order valence-electron chi connectivity index (χ4n) is 5.38. The Morgan fingerprint density at radius 2 is 1.69 bits per heavy atom. The molecule has 2 saturated heterocycles. The van der Waals surface area contributed by atoms with E-state index in [1.165, 1.54) is 23.3 Å². The third-order valence-corrected chi connectivity index (χ3v) is 8.51. The summed E-state index contributed by atoms with van der Waals surface area (Å²) in [6.07, 6.45) is 1.03. The molecule has 1 N–H and O–H groups in total. The van der Waals surface area contributed by atoms with E-state index in [1.807, 2.05) is 45.0 Å². The Morgan fingerprint density at radius 3 is 2.31 bits per heavy atom. The number of carbonyl (C=O) groups excluding carboxylic acids is 3. The van der Waals surface area contributed by atoms with Gasteiger partial charge in [-0.1, -0.05) is 50.7 Å². The van der Waals surface area contributed by atoms with Crippen LogP contribution in [0.1, 0.15) is 50.9 Å². The maximum absolute atomic E-state index is 12.2. The van der Waals surface area contributed by atoms with Gasteiger partial charge in [0.05, 0.1) is 19.1 Å². The zero-order valence-corrected chi connectivity index (χ0v) is 31.1. The van der Waals surface area contributed by atoms with E-state index in [0.29, 0.717) is 54.2 Å². The first-order valence-corrected chi connectivity index (χ1v) is 17.2. The van der Waals surface area contributed by atoms with Crippen molar-refractivity contribution in [2.75, 3.05) is 39.3 Å². The number of hydrogen-bond donors (Lipinski definition) is 1. The smallest absolute Gasteiger partial charge is 0.410 e. The van der Waals surface area contributed by atoms with E-state index < -0.39 is 5.60 Å². The van der Waals surface area contributed by atoms with E-state index in [-0.39, 0.29) is 30.0 Å². The third-order valence-electron chi connectivity index (χ3n) is 7.49. The van der Waals surface area contributed by atoms with Crippen molar-refractivity contribution in [1.29, 1.82) is 0 Å². The van der Waals surface area contributed by atoms with Crippen molar-refractivity contribution in [2.24, 2.45) is 7.05 Å². The Labute approximate surface area is 303 Å². The van der Waals surface area contributed by atoms with Crippen LogP contribution >= 0.6 is 50.7 Å². The summed E-state index contributed by atoms with van der Waals surface area (Å²) in [5.74, 6) is 0.166. The van der Waals surface area contributed by atoms with Gasteiger partial charge in [-0.25, -0.2) is 4.79 Å². The van der Waals surface area contributed by atoms with Crippen LogP contribution in [0.4, 0.5) is 4.79 Å². The van der Waals surface area contributed by atoms with Gasteiger partial charge >= 0.3 is 6.09 Å². The molecule has 2 aromatic carbocycles. The molecule has 0 saturated carbocycles. The van der Waals surface area contributed by atoms with E-state index in [0.717, 1.165) is 22.1 Å². The Hall–Kier alpha value is -3.23. The molecule has 258 valence electrons. The summed E-state index contributed by atoms with van der Waals surface area (Å²) in [6, 6.07) is 10.9. The van der Waals surface area contributed by atoms with Crippen molar-refractivity contribution >= 4 is 68.6 Å². The molecule has 3 heterocycles. The predicted molar refractivity (Wildman–Crippen MR) is 189 cm³/mol. The van der Waals surface area contributed by atoms with Crippen molar-refractivity contribution in [3.8, 4) is 11.4 Å². The van der Waals surface area contributed by atoms with Crippen LogP contribution in [-0.4, -0.2) is 97.7 Å². The molecule has 48 heavy (non-hydrogen) atoms. The number of piperazine rings is 2. The Morgan fingerprint density at radius 1 is 0.979 bits per heavy atom. The van der Waals surface area contributed by atoms with Gasteiger partial charge in [-0.15, -0.1) is 10.2 Å². The molecule has 2 fully saturated rings. The highest BCUT2D eigenvalue weighted by Crippen LogP contribution is 2.31. The van der Waals surface area contributed by atoms with Crippen LogP contribution in [0.25, 0.3) is 11.4 Å². The lowest BCUT2D eigenvalue weighted by atomic mass is 9.99. The summed E-state index contributed by atoms with van der Waals surface area (Å²) in [5.41, 5.74) is 3.26. The highest BCUT2D eigenvalue weighted by molar-refractivity contribution is 9.10. The number of carbonyl (C=O) groups is 3. The van der Waals surface area contributed by atoms with Crippen LogP contribution in [-0.2, 0) is 21.4 Å². The minimum absolute atomic E-state index is 0.0567. The summed E-state index contributed by atoms with van der Waals surface area (Å²) in [4.78, 5) is 43.0. The number of amides is 3. The van der Waals surface area contributed by atoms with Crippen LogP contribution in [0.15, 0.2) is 52.5 Å². The molecule has 12 nitrogen and oxygen atoms in total. The Balaban J connectivity index is 0.000000224. The molecule has 3 amide bonds. The second kappa shape index (κ2) is 16.4. The molecule has 2 aliphatic heterocycles. The number of benzene rings is 2. The second-order valence-electron chi connectivity index (χ2n) is 12.3. The summed E-state index contributed by atoms with van der Waals surface area (Å²) in [6.45, 7) is 10.3. The molecule has 5 rings (SSSR count). The summed E-state index contributed by atoms with van der Waals surface area (Å²) >= 11 is 21.4. The van der Waals surface area contributed by atoms with Crippen molar-refractivity contribution in [1.82, 2.24) is 40.2 Å². The van der Waals surface area contributed by atoms with Gasteiger partial charge in [0, 0.05) is 77.9 Å². The quantitative estimate of drug-likeness (QED) is 0.320. The SMILES string of the molecule is CC(=O)N1CCN(C(=O)/C=C\Cl)C[C@H]1c1cc(Cl)cc(-c2nnn(C)n2)c1.CC(C)(C)OC(=O)N1CCN[C@H](c2cc(Cl)cc(Br)c2)C1. The number of aryl methyl sites for hydroxylation is 1. The van der Waals surface area contributed by atoms with E-state index in [9.17, 15) is 14.4 Å². The molecule has 2 aliphatic rings. The van der Waals surface area contributed by atoms with E-state index in [4.69, 9.17) is 39.5 Å². The minimum atomic E-state index is -0.476. The standard InChI is InChI=1S/C17H18Cl2N6O2.C15H20BrClN2O2/c1-11(26)25-6-5-24(16(27)3-4-18)10-15(25)12-7-13(9-14(19)8-12)17-20-22-23(2)21-17;1-15(2,3)21-14(20)19-5-4-18-13(9-19)10-6-11(16)8-12(17)7-10/h3-4,7-9,15H,5-6,10H2,1-2H3;6-8,13,18H,4-5,9H2,1-3H3/b4-3-;/t15-;13-/m00/s1. The lowest BCUT2D eigenvalue weighted by molar-refractivity contribution is -0.139. The van der Waals surface area contributed by atoms with E-state index >= 15 is 0 Å². The molecule has 2 atom stereocenters. The zero-order chi connectivity index (χ0) is 35.2. The van der Waals surface area contributed by atoms with Gasteiger partial charge in [0.15, 0.2) is 0 Å². The summed E-state index contributed by atoms with van der Waals surface area (Å²) < 4.78 is 6.36. The van der Waals surface area contributed by atoms with Crippen molar-refractivity contribution in [2.45, 2.75) is 45.4 Å². The first-order valence-electron chi connectivity index (χ1n) is 15.2. The normalized spacial score (nSPS) is 18.4. The topological polar surface area (TPSA) is 126 Å². The fourth-order valence-corrected chi connectivity index (χ4v) is 6.62. The fraction of sp³-hybridized carbons (Fsp3) is 0.438. The van der Waals surface area contributed by atoms with Gasteiger partial charge in [-0.05, 0) is 73.5 Å². The first kappa shape index (κ1) is 37.6. The number of nitrogens with zero attached hydrogens (tertiary/aromatic N) is 7. The Kier molecular flexibility index (Phi) is 12.9. The first-order chi connectivity index (χ1) is 22.6. The van der Waals surface area contributed by atoms with Crippen LogP contribution in [0.3, 0.4) is 0 Å². The molecule has 0 bridgehead atoms. The van der Waals surface area contributed by atoms with Crippen LogP contribution < -0.4 is 5.32 Å². The molecule has 0 aliphatic carbocycles. The average Bonchev–Trinajstić information content (AvgIpc) is 3.46. The molecule has 16 heteroatoms. The number of halogens is 4. The molecular weight excluding hydrogens is 747 g/mol. The minimum Gasteiger partial charge on any atom is -0.444 e.